The van der Waals surface area contributed by atoms with E-state index in [4.69, 9.17) is 0 Å². The van der Waals surface area contributed by atoms with Crippen LogP contribution in [0.5, 0.6) is 0 Å². The normalized spacial score (nSPS) is 19.9. The van der Waals surface area contributed by atoms with Gasteiger partial charge in [-0.05, 0) is 66.8 Å². The van der Waals surface area contributed by atoms with Gasteiger partial charge in [-0.3, -0.25) is 0 Å². The molecule has 1 aliphatic rings. The van der Waals surface area contributed by atoms with Crippen LogP contribution in [0.4, 0.5) is 8.78 Å². The first-order valence-corrected chi connectivity index (χ1v) is 10.8. The fraction of sp³-hybridized carbons (Fsp3) is 0.407. The summed E-state index contributed by atoms with van der Waals surface area (Å²) in [5, 5.41) is 0. The molecule has 0 heterocycles. The number of hydrogen-bond acceptors (Lipinski definition) is 0. The summed E-state index contributed by atoms with van der Waals surface area (Å²) in [5.74, 6) is 6.06. The van der Waals surface area contributed by atoms with Crippen LogP contribution in [0, 0.1) is 35.3 Å². The molecule has 152 valence electrons. The highest BCUT2D eigenvalue weighted by Crippen LogP contribution is 2.31. The van der Waals surface area contributed by atoms with Crippen molar-refractivity contribution in [1.29, 1.82) is 0 Å². The van der Waals surface area contributed by atoms with E-state index in [0.717, 1.165) is 36.3 Å². The molecule has 0 radical (unpaired) electrons. The smallest absolute Gasteiger partial charge is 0.142 e. The Kier molecular flexibility index (Phi) is 7.26. The minimum absolute atomic E-state index is 0.110. The minimum atomic E-state index is -0.587. The van der Waals surface area contributed by atoms with Crippen molar-refractivity contribution >= 4 is 0 Å². The highest BCUT2D eigenvalue weighted by Gasteiger charge is 2.18. The van der Waals surface area contributed by atoms with Crippen molar-refractivity contribution in [3.63, 3.8) is 0 Å². The molecule has 0 saturated heterocycles. The Morgan fingerprint density at radius 3 is 2.14 bits per heavy atom. The highest BCUT2D eigenvalue weighted by atomic mass is 19.1. The lowest BCUT2D eigenvalue weighted by Crippen LogP contribution is -2.12. The molecule has 2 aromatic rings. The SMILES string of the molecule is C=CC(CC)c1ccc(-c2cc(F)c(C#CC3CCC(CC)CC3)c(F)c2)cc1. The Hall–Kier alpha value is -2.40. The molecule has 1 unspecified atom stereocenters. The summed E-state index contributed by atoms with van der Waals surface area (Å²) >= 11 is 0. The zero-order chi connectivity index (χ0) is 20.8. The molecule has 2 aromatic carbocycles. The van der Waals surface area contributed by atoms with Crippen molar-refractivity contribution in [3.8, 4) is 23.0 Å². The number of hydrogen-bond donors (Lipinski definition) is 0. The van der Waals surface area contributed by atoms with Gasteiger partial charge in [0.15, 0.2) is 0 Å². The van der Waals surface area contributed by atoms with Crippen LogP contribution in [0.2, 0.25) is 0 Å². The van der Waals surface area contributed by atoms with Gasteiger partial charge in [0.1, 0.15) is 11.6 Å². The fourth-order valence-corrected chi connectivity index (χ4v) is 4.21. The fourth-order valence-electron chi connectivity index (χ4n) is 4.21. The molecule has 2 heteroatoms. The molecular weight excluding hydrogens is 362 g/mol. The van der Waals surface area contributed by atoms with Crippen molar-refractivity contribution in [2.75, 3.05) is 0 Å². The van der Waals surface area contributed by atoms with E-state index < -0.39 is 11.6 Å². The Morgan fingerprint density at radius 2 is 1.62 bits per heavy atom. The van der Waals surface area contributed by atoms with E-state index in [-0.39, 0.29) is 11.5 Å². The molecule has 0 amide bonds. The molecule has 0 nitrogen and oxygen atoms in total. The number of rotatable bonds is 5. The van der Waals surface area contributed by atoms with Gasteiger partial charge in [0.05, 0.1) is 5.56 Å². The third kappa shape index (κ3) is 5.15. The molecule has 0 aliphatic heterocycles. The number of halogens is 2. The van der Waals surface area contributed by atoms with Crippen LogP contribution in [0.25, 0.3) is 11.1 Å². The van der Waals surface area contributed by atoms with Gasteiger partial charge in [-0.15, -0.1) is 6.58 Å². The van der Waals surface area contributed by atoms with Crippen LogP contribution < -0.4 is 0 Å². The first-order chi connectivity index (χ1) is 14.0. The van der Waals surface area contributed by atoms with Crippen LogP contribution in [-0.4, -0.2) is 0 Å². The molecule has 0 aromatic heterocycles. The first-order valence-electron chi connectivity index (χ1n) is 10.8. The minimum Gasteiger partial charge on any atom is -0.205 e. The maximum Gasteiger partial charge on any atom is 0.142 e. The van der Waals surface area contributed by atoms with Gasteiger partial charge in [-0.2, -0.15) is 0 Å². The second kappa shape index (κ2) is 9.88. The van der Waals surface area contributed by atoms with Gasteiger partial charge >= 0.3 is 0 Å². The van der Waals surface area contributed by atoms with Gasteiger partial charge in [0, 0.05) is 11.8 Å². The van der Waals surface area contributed by atoms with E-state index in [1.165, 1.54) is 31.4 Å². The quantitative estimate of drug-likeness (QED) is 0.358. The molecular formula is C27H30F2. The Labute approximate surface area is 174 Å². The summed E-state index contributed by atoms with van der Waals surface area (Å²) < 4.78 is 29.3. The van der Waals surface area contributed by atoms with Gasteiger partial charge in [0.2, 0.25) is 0 Å². The second-order valence-electron chi connectivity index (χ2n) is 8.08. The topological polar surface area (TPSA) is 0 Å². The third-order valence-electron chi connectivity index (χ3n) is 6.26. The highest BCUT2D eigenvalue weighted by molar-refractivity contribution is 5.65. The van der Waals surface area contributed by atoms with Crippen molar-refractivity contribution < 1.29 is 8.78 Å². The molecule has 0 N–H and O–H groups in total. The third-order valence-corrected chi connectivity index (χ3v) is 6.26. The number of benzene rings is 2. The van der Waals surface area contributed by atoms with Crippen LogP contribution in [0.3, 0.4) is 0 Å². The zero-order valence-corrected chi connectivity index (χ0v) is 17.5. The van der Waals surface area contributed by atoms with E-state index >= 15 is 0 Å². The Bertz CT molecular complexity index is 867. The molecule has 0 bridgehead atoms. The van der Waals surface area contributed by atoms with Crippen molar-refractivity contribution in [1.82, 2.24) is 0 Å². The molecule has 1 saturated carbocycles. The largest absolute Gasteiger partial charge is 0.205 e. The Balaban J connectivity index is 1.78. The summed E-state index contributed by atoms with van der Waals surface area (Å²) in [6.45, 7) is 8.20. The van der Waals surface area contributed by atoms with E-state index in [1.54, 1.807) is 0 Å². The van der Waals surface area contributed by atoms with Crippen molar-refractivity contribution in [2.45, 2.75) is 58.3 Å². The van der Waals surface area contributed by atoms with Crippen molar-refractivity contribution in [3.05, 3.63) is 71.8 Å². The predicted molar refractivity (Wildman–Crippen MR) is 118 cm³/mol. The van der Waals surface area contributed by atoms with E-state index in [0.29, 0.717) is 11.5 Å². The van der Waals surface area contributed by atoms with E-state index in [9.17, 15) is 8.78 Å². The molecule has 29 heavy (non-hydrogen) atoms. The average molecular weight is 393 g/mol. The summed E-state index contributed by atoms with van der Waals surface area (Å²) in [6.07, 6.45) is 8.50. The second-order valence-corrected chi connectivity index (χ2v) is 8.08. The van der Waals surface area contributed by atoms with Gasteiger partial charge in [-0.1, -0.05) is 62.5 Å². The maximum atomic E-state index is 14.6. The standard InChI is InChI=1S/C27H30F2/c1-4-19-7-9-20(10-8-19)11-16-25-26(28)17-24(18-27(25)29)23-14-12-22(13-15-23)21(5-2)6-3/h5,12-15,17-21H,2,4,6-10H2,1,3H3. The summed E-state index contributed by atoms with van der Waals surface area (Å²) in [6, 6.07) is 10.6. The summed E-state index contributed by atoms with van der Waals surface area (Å²) in [5.41, 5.74) is 2.38. The van der Waals surface area contributed by atoms with Crippen LogP contribution in [0.15, 0.2) is 49.1 Å². The average Bonchev–Trinajstić information content (AvgIpc) is 2.75. The monoisotopic (exact) mass is 392 g/mol. The molecule has 1 aliphatic carbocycles. The maximum absolute atomic E-state index is 14.6. The molecule has 1 fully saturated rings. The van der Waals surface area contributed by atoms with Crippen LogP contribution in [0.1, 0.15) is 69.4 Å². The summed E-state index contributed by atoms with van der Waals surface area (Å²) in [4.78, 5) is 0. The van der Waals surface area contributed by atoms with Crippen molar-refractivity contribution in [2.24, 2.45) is 11.8 Å². The van der Waals surface area contributed by atoms with Crippen LogP contribution in [-0.2, 0) is 0 Å². The van der Waals surface area contributed by atoms with Crippen LogP contribution >= 0.6 is 0 Å². The van der Waals surface area contributed by atoms with Gasteiger partial charge < -0.3 is 0 Å². The van der Waals surface area contributed by atoms with Gasteiger partial charge in [0.25, 0.3) is 0 Å². The molecule has 1 atom stereocenters. The van der Waals surface area contributed by atoms with E-state index in [2.05, 4.69) is 32.3 Å². The lowest BCUT2D eigenvalue weighted by molar-refractivity contribution is 0.309. The number of allylic oxidation sites excluding steroid dienone is 1. The van der Waals surface area contributed by atoms with Gasteiger partial charge in [-0.25, -0.2) is 8.78 Å². The lowest BCUT2D eigenvalue weighted by Gasteiger charge is -2.24. The first kappa shape index (κ1) is 21.3. The lowest BCUT2D eigenvalue weighted by atomic mass is 9.81. The predicted octanol–water partition coefficient (Wildman–Crippen LogP) is 7.88. The molecule has 3 rings (SSSR count). The zero-order valence-electron chi connectivity index (χ0n) is 17.5. The van der Waals surface area contributed by atoms with E-state index in [1.807, 2.05) is 30.3 Å². The molecule has 0 spiro atoms. The Morgan fingerprint density at radius 1 is 1.00 bits per heavy atom. The summed E-state index contributed by atoms with van der Waals surface area (Å²) in [7, 11) is 0.